The van der Waals surface area contributed by atoms with Crippen molar-refractivity contribution in [3.63, 3.8) is 0 Å². The number of carbonyl (C=O) groups is 2. The lowest BCUT2D eigenvalue weighted by Gasteiger charge is -2.14. The third-order valence-corrected chi connectivity index (χ3v) is 5.97. The molecule has 0 spiro atoms. The monoisotopic (exact) mass is 518 g/mol. The summed E-state index contributed by atoms with van der Waals surface area (Å²) >= 11 is 0. The van der Waals surface area contributed by atoms with Crippen molar-refractivity contribution >= 4 is 34.2 Å². The summed E-state index contributed by atoms with van der Waals surface area (Å²) in [6.45, 7) is 3.49. The van der Waals surface area contributed by atoms with Gasteiger partial charge in [0.05, 0.1) is 23.1 Å². The number of anilines is 2. The highest BCUT2D eigenvalue weighted by atomic mass is 19.4. The van der Waals surface area contributed by atoms with Crippen LogP contribution in [0.15, 0.2) is 73.4 Å². The lowest BCUT2D eigenvalue weighted by molar-refractivity contribution is -0.137. The minimum atomic E-state index is -4.65. The Balaban J connectivity index is 1.42. The van der Waals surface area contributed by atoms with Crippen LogP contribution in [0, 0.1) is 13.8 Å². The Morgan fingerprint density at radius 2 is 1.76 bits per heavy atom. The van der Waals surface area contributed by atoms with Crippen LogP contribution in [0.5, 0.6) is 0 Å². The Morgan fingerprint density at radius 3 is 2.50 bits per heavy atom. The molecule has 0 bridgehead atoms. The lowest BCUT2D eigenvalue weighted by atomic mass is 10.1. The number of pyridine rings is 1. The Bertz CT molecular complexity index is 1690. The minimum absolute atomic E-state index is 0.149. The minimum Gasteiger partial charge on any atom is -0.346 e. The molecule has 0 aliphatic rings. The molecular formula is C27H21F3N6O2. The smallest absolute Gasteiger partial charge is 0.346 e. The van der Waals surface area contributed by atoms with Gasteiger partial charge >= 0.3 is 6.18 Å². The molecule has 11 heteroatoms. The third kappa shape index (κ3) is 4.99. The van der Waals surface area contributed by atoms with Crippen LogP contribution < -0.4 is 10.6 Å². The van der Waals surface area contributed by atoms with Crippen LogP contribution in [0.3, 0.4) is 0 Å². The first-order valence-electron chi connectivity index (χ1n) is 11.5. The number of imidazole rings is 1. The SMILES string of the molecule is Cc1cn(-c2cc(C(=O)Nc3ccc(C)c(NC(=O)c4ccnc5[nH]ccc45)c3)cc(C(F)(F)F)c2)cn1. The number of aromatic nitrogens is 4. The molecule has 0 aliphatic heterocycles. The van der Waals surface area contributed by atoms with Crippen LogP contribution in [-0.4, -0.2) is 31.3 Å². The summed E-state index contributed by atoms with van der Waals surface area (Å²) in [4.78, 5) is 37.2. The van der Waals surface area contributed by atoms with Gasteiger partial charge in [-0.25, -0.2) is 9.97 Å². The molecule has 2 aromatic carbocycles. The van der Waals surface area contributed by atoms with Gasteiger partial charge in [-0.2, -0.15) is 13.2 Å². The molecule has 2 amide bonds. The van der Waals surface area contributed by atoms with Crippen molar-refractivity contribution in [3.05, 3.63) is 101 Å². The van der Waals surface area contributed by atoms with Crippen LogP contribution >= 0.6 is 0 Å². The molecule has 5 aromatic rings. The highest BCUT2D eigenvalue weighted by Crippen LogP contribution is 2.32. The van der Waals surface area contributed by atoms with Gasteiger partial charge in [-0.05, 0) is 61.9 Å². The van der Waals surface area contributed by atoms with Crippen LogP contribution in [0.25, 0.3) is 16.7 Å². The van der Waals surface area contributed by atoms with Crippen molar-refractivity contribution in [3.8, 4) is 5.69 Å². The highest BCUT2D eigenvalue weighted by molar-refractivity contribution is 6.12. The number of aryl methyl sites for hydroxylation is 2. The Hall–Kier alpha value is -4.93. The van der Waals surface area contributed by atoms with Gasteiger partial charge in [0.2, 0.25) is 0 Å². The van der Waals surface area contributed by atoms with E-state index >= 15 is 0 Å². The Kier molecular flexibility index (Phi) is 6.19. The number of H-pyrrole nitrogens is 1. The molecule has 0 atom stereocenters. The predicted molar refractivity (Wildman–Crippen MR) is 136 cm³/mol. The molecule has 0 saturated carbocycles. The fraction of sp³-hybridized carbons (Fsp3) is 0.111. The average molecular weight is 518 g/mol. The predicted octanol–water partition coefficient (Wildman–Crippen LogP) is 5.89. The largest absolute Gasteiger partial charge is 0.416 e. The summed E-state index contributed by atoms with van der Waals surface area (Å²) in [7, 11) is 0. The van der Waals surface area contributed by atoms with Crippen molar-refractivity contribution in [2.45, 2.75) is 20.0 Å². The normalized spacial score (nSPS) is 11.5. The molecule has 0 radical (unpaired) electrons. The molecule has 0 saturated heterocycles. The summed E-state index contributed by atoms with van der Waals surface area (Å²) in [5, 5.41) is 6.12. The van der Waals surface area contributed by atoms with E-state index in [1.165, 1.54) is 23.2 Å². The number of rotatable bonds is 5. The topological polar surface area (TPSA) is 105 Å². The molecule has 3 heterocycles. The summed E-state index contributed by atoms with van der Waals surface area (Å²) in [5.41, 5.74) is 2.07. The zero-order valence-corrected chi connectivity index (χ0v) is 20.2. The molecule has 0 aliphatic carbocycles. The van der Waals surface area contributed by atoms with Crippen molar-refractivity contribution in [1.29, 1.82) is 0 Å². The van der Waals surface area contributed by atoms with Crippen molar-refractivity contribution in [2.24, 2.45) is 0 Å². The number of nitrogens with one attached hydrogen (secondary N) is 3. The van der Waals surface area contributed by atoms with E-state index in [0.717, 1.165) is 17.7 Å². The van der Waals surface area contributed by atoms with Gasteiger partial charge in [-0.3, -0.25) is 9.59 Å². The summed E-state index contributed by atoms with van der Waals surface area (Å²) < 4.78 is 42.2. The second-order valence-corrected chi connectivity index (χ2v) is 8.73. The number of hydrogen-bond donors (Lipinski definition) is 3. The number of amides is 2. The van der Waals surface area contributed by atoms with E-state index in [0.29, 0.717) is 33.7 Å². The first-order valence-corrected chi connectivity index (χ1v) is 11.5. The fourth-order valence-electron chi connectivity index (χ4n) is 4.00. The fourth-order valence-corrected chi connectivity index (χ4v) is 4.00. The maximum absolute atomic E-state index is 13.6. The second-order valence-electron chi connectivity index (χ2n) is 8.73. The number of alkyl halides is 3. The van der Waals surface area contributed by atoms with Crippen LogP contribution in [0.4, 0.5) is 24.5 Å². The molecule has 192 valence electrons. The van der Waals surface area contributed by atoms with Gasteiger partial charge in [-0.15, -0.1) is 0 Å². The molecule has 8 nitrogen and oxygen atoms in total. The van der Waals surface area contributed by atoms with Gasteiger partial charge in [0.25, 0.3) is 11.8 Å². The molecule has 5 rings (SSSR count). The zero-order valence-electron chi connectivity index (χ0n) is 20.2. The maximum atomic E-state index is 13.6. The standard InChI is InChI=1S/C27H21F3N6O2/c1-15-3-4-19(12-23(15)35-26(38)22-6-8-32-24-21(22)5-7-31-24)34-25(37)17-9-18(27(28,29)30)11-20(10-17)36-13-16(2)33-14-36/h3-14H,1-2H3,(H,31,32)(H,34,37)(H,35,38). The molecule has 38 heavy (non-hydrogen) atoms. The van der Waals surface area contributed by atoms with E-state index in [1.807, 2.05) is 0 Å². The van der Waals surface area contributed by atoms with E-state index in [4.69, 9.17) is 0 Å². The number of aromatic amines is 1. The summed E-state index contributed by atoms with van der Waals surface area (Å²) in [6.07, 6.45) is 1.50. The number of hydrogen-bond acceptors (Lipinski definition) is 4. The highest BCUT2D eigenvalue weighted by Gasteiger charge is 2.32. The van der Waals surface area contributed by atoms with Gasteiger partial charge in [0, 0.05) is 46.6 Å². The van der Waals surface area contributed by atoms with Crippen molar-refractivity contribution in [2.75, 3.05) is 10.6 Å². The van der Waals surface area contributed by atoms with Crippen LogP contribution in [-0.2, 0) is 6.18 Å². The van der Waals surface area contributed by atoms with E-state index in [-0.39, 0.29) is 17.2 Å². The number of fused-ring (bicyclic) bond motifs is 1. The lowest BCUT2D eigenvalue weighted by Crippen LogP contribution is -2.16. The molecule has 0 unspecified atom stereocenters. The number of benzene rings is 2. The summed E-state index contributed by atoms with van der Waals surface area (Å²) in [5.74, 6) is -1.11. The van der Waals surface area contributed by atoms with Gasteiger partial charge in [0.1, 0.15) is 5.65 Å². The number of halogens is 3. The van der Waals surface area contributed by atoms with E-state index < -0.39 is 17.6 Å². The van der Waals surface area contributed by atoms with E-state index in [2.05, 4.69) is 25.6 Å². The Labute approximate surface area is 214 Å². The van der Waals surface area contributed by atoms with Crippen molar-refractivity contribution in [1.82, 2.24) is 19.5 Å². The maximum Gasteiger partial charge on any atom is 0.416 e. The second kappa shape index (κ2) is 9.51. The van der Waals surface area contributed by atoms with Gasteiger partial charge in [-0.1, -0.05) is 6.07 Å². The molecule has 3 N–H and O–H groups in total. The number of carbonyl (C=O) groups excluding carboxylic acids is 2. The summed E-state index contributed by atoms with van der Waals surface area (Å²) in [6, 6.07) is 11.3. The van der Waals surface area contributed by atoms with Crippen molar-refractivity contribution < 1.29 is 22.8 Å². The van der Waals surface area contributed by atoms with E-state index in [1.54, 1.807) is 56.6 Å². The third-order valence-electron chi connectivity index (χ3n) is 5.97. The van der Waals surface area contributed by atoms with E-state index in [9.17, 15) is 22.8 Å². The first-order chi connectivity index (χ1) is 18.1. The molecular weight excluding hydrogens is 497 g/mol. The first kappa shape index (κ1) is 24.8. The van der Waals surface area contributed by atoms with Crippen LogP contribution in [0.1, 0.15) is 37.5 Å². The van der Waals surface area contributed by atoms with Crippen LogP contribution in [0.2, 0.25) is 0 Å². The number of nitrogens with zero attached hydrogens (tertiary/aromatic N) is 3. The zero-order chi connectivity index (χ0) is 27.0. The molecule has 0 fully saturated rings. The quantitative estimate of drug-likeness (QED) is 0.270. The van der Waals surface area contributed by atoms with Gasteiger partial charge in [0.15, 0.2) is 0 Å². The average Bonchev–Trinajstić information content (AvgIpc) is 3.54. The van der Waals surface area contributed by atoms with Gasteiger partial charge < -0.3 is 20.2 Å². The molecule has 3 aromatic heterocycles. The Morgan fingerprint density at radius 1 is 0.947 bits per heavy atom.